The van der Waals surface area contributed by atoms with E-state index >= 15 is 0 Å². The lowest BCUT2D eigenvalue weighted by Gasteiger charge is -2.02. The quantitative estimate of drug-likeness (QED) is 0.390. The van der Waals surface area contributed by atoms with Crippen LogP contribution in [0.1, 0.15) is 90.0 Å². The molecule has 22 heavy (non-hydrogen) atoms. The first kappa shape index (κ1) is 21.1. The lowest BCUT2D eigenvalue weighted by atomic mass is 10.1. The molecule has 0 aromatic carbocycles. The second-order valence-corrected chi connectivity index (χ2v) is 6.38. The zero-order chi connectivity index (χ0) is 15.2. The molecule has 0 unspecified atom stereocenters. The SMILES string of the molecule is CCCCCCCCCCCC[n+]1cccc(CCC)c1.[F-]. The van der Waals surface area contributed by atoms with Gasteiger partial charge in [-0.3, -0.25) is 0 Å². The van der Waals surface area contributed by atoms with Crippen molar-refractivity contribution in [3.63, 3.8) is 0 Å². The second kappa shape index (κ2) is 15.0. The highest BCUT2D eigenvalue weighted by Gasteiger charge is 2.02. The maximum atomic E-state index is 2.37. The average molecular weight is 310 g/mol. The Morgan fingerprint density at radius 3 is 1.95 bits per heavy atom. The zero-order valence-corrected chi connectivity index (χ0v) is 14.8. The van der Waals surface area contributed by atoms with E-state index in [4.69, 9.17) is 0 Å². The van der Waals surface area contributed by atoms with E-state index < -0.39 is 0 Å². The van der Waals surface area contributed by atoms with Crippen molar-refractivity contribution in [2.75, 3.05) is 0 Å². The number of aromatic nitrogens is 1. The topological polar surface area (TPSA) is 3.88 Å². The molecule has 0 aliphatic rings. The molecule has 0 bridgehead atoms. The third kappa shape index (κ3) is 10.8. The smallest absolute Gasteiger partial charge is 0.171 e. The Balaban J connectivity index is 0.00000441. The summed E-state index contributed by atoms with van der Waals surface area (Å²) in [6, 6.07) is 4.44. The van der Waals surface area contributed by atoms with Crippen LogP contribution in [0.3, 0.4) is 0 Å². The van der Waals surface area contributed by atoms with Crippen molar-refractivity contribution in [2.45, 2.75) is 97.4 Å². The van der Waals surface area contributed by atoms with Gasteiger partial charge in [-0.25, -0.2) is 4.57 Å². The molecule has 0 spiro atoms. The Bertz CT molecular complexity index is 351. The van der Waals surface area contributed by atoms with Crippen molar-refractivity contribution in [3.05, 3.63) is 30.1 Å². The van der Waals surface area contributed by atoms with Crippen LogP contribution in [0.2, 0.25) is 0 Å². The van der Waals surface area contributed by atoms with E-state index in [9.17, 15) is 0 Å². The minimum atomic E-state index is 0. The highest BCUT2D eigenvalue weighted by Crippen LogP contribution is 2.10. The van der Waals surface area contributed by atoms with E-state index in [-0.39, 0.29) is 4.70 Å². The van der Waals surface area contributed by atoms with E-state index in [0.717, 1.165) is 0 Å². The first-order valence-corrected chi connectivity index (χ1v) is 9.34. The Hall–Kier alpha value is -0.920. The van der Waals surface area contributed by atoms with Gasteiger partial charge in [0, 0.05) is 18.1 Å². The predicted octanol–water partition coefficient (Wildman–Crippen LogP) is 2.85. The lowest BCUT2D eigenvalue weighted by molar-refractivity contribution is -0.697. The van der Waals surface area contributed by atoms with Gasteiger partial charge in [0.15, 0.2) is 12.4 Å². The minimum Gasteiger partial charge on any atom is -1.00 e. The summed E-state index contributed by atoms with van der Waals surface area (Å²) in [5.74, 6) is 0. The van der Waals surface area contributed by atoms with Crippen molar-refractivity contribution in [1.29, 1.82) is 0 Å². The average Bonchev–Trinajstić information content (AvgIpc) is 2.50. The summed E-state index contributed by atoms with van der Waals surface area (Å²) in [5, 5.41) is 0. The van der Waals surface area contributed by atoms with Crippen LogP contribution in [0.4, 0.5) is 0 Å². The molecule has 0 fully saturated rings. The minimum absolute atomic E-state index is 0. The van der Waals surface area contributed by atoms with Crippen molar-refractivity contribution >= 4 is 0 Å². The fourth-order valence-corrected chi connectivity index (χ4v) is 2.93. The zero-order valence-electron chi connectivity index (χ0n) is 14.8. The number of nitrogens with zero attached hydrogens (tertiary/aromatic N) is 1. The fraction of sp³-hybridized carbons (Fsp3) is 0.750. The third-order valence-electron chi connectivity index (χ3n) is 4.23. The molecular formula is C20H36FN. The van der Waals surface area contributed by atoms with Gasteiger partial charge in [-0.05, 0) is 18.9 Å². The van der Waals surface area contributed by atoms with Crippen molar-refractivity contribution in [2.24, 2.45) is 0 Å². The number of aryl methyl sites for hydroxylation is 2. The molecule has 0 atom stereocenters. The van der Waals surface area contributed by atoms with Gasteiger partial charge in [-0.2, -0.15) is 0 Å². The van der Waals surface area contributed by atoms with Crippen LogP contribution in [-0.2, 0) is 13.0 Å². The standard InChI is InChI=1S/C20H36N.FH/c1-3-5-6-7-8-9-10-11-12-13-17-21-18-14-16-20(19-21)15-4-2;/h14,16,18-19H,3-13,15,17H2,1-2H3;1H/q+1;/p-1. The molecule has 0 aliphatic carbocycles. The Morgan fingerprint density at radius 2 is 1.36 bits per heavy atom. The molecule has 1 aromatic rings. The number of pyridine rings is 1. The van der Waals surface area contributed by atoms with Crippen LogP contribution >= 0.6 is 0 Å². The van der Waals surface area contributed by atoms with E-state index in [1.165, 1.54) is 89.2 Å². The van der Waals surface area contributed by atoms with E-state index in [2.05, 4.69) is 42.9 Å². The third-order valence-corrected chi connectivity index (χ3v) is 4.23. The summed E-state index contributed by atoms with van der Waals surface area (Å²) in [6.45, 7) is 5.73. The van der Waals surface area contributed by atoms with Crippen molar-refractivity contribution in [1.82, 2.24) is 0 Å². The summed E-state index contributed by atoms with van der Waals surface area (Å²) in [5.41, 5.74) is 1.48. The second-order valence-electron chi connectivity index (χ2n) is 6.38. The monoisotopic (exact) mass is 309 g/mol. The summed E-state index contributed by atoms with van der Waals surface area (Å²) in [4.78, 5) is 0. The molecule has 1 heterocycles. The molecule has 1 rings (SSSR count). The van der Waals surface area contributed by atoms with Crippen LogP contribution in [0.25, 0.3) is 0 Å². The van der Waals surface area contributed by atoms with Crippen LogP contribution in [0.15, 0.2) is 24.5 Å². The molecule has 1 nitrogen and oxygen atoms in total. The Kier molecular flexibility index (Phi) is 14.4. The number of halogens is 1. The summed E-state index contributed by atoms with van der Waals surface area (Å²) < 4.78 is 2.37. The molecule has 0 aliphatic heterocycles. The lowest BCUT2D eigenvalue weighted by Crippen LogP contribution is -3.00. The van der Waals surface area contributed by atoms with Gasteiger partial charge in [-0.15, -0.1) is 0 Å². The first-order chi connectivity index (χ1) is 10.4. The molecule has 0 saturated heterocycles. The van der Waals surface area contributed by atoms with E-state index in [1.54, 1.807) is 0 Å². The molecular weight excluding hydrogens is 273 g/mol. The molecule has 128 valence electrons. The van der Waals surface area contributed by atoms with Crippen LogP contribution < -0.4 is 9.27 Å². The number of hydrogen-bond donors (Lipinski definition) is 0. The van der Waals surface area contributed by atoms with Gasteiger partial charge in [0.25, 0.3) is 0 Å². The van der Waals surface area contributed by atoms with Crippen LogP contribution in [0.5, 0.6) is 0 Å². The number of hydrogen-bond acceptors (Lipinski definition) is 0. The van der Waals surface area contributed by atoms with Gasteiger partial charge in [0.2, 0.25) is 0 Å². The normalized spacial score (nSPS) is 10.5. The summed E-state index contributed by atoms with van der Waals surface area (Å²) in [6.07, 6.45) is 21.1. The highest BCUT2D eigenvalue weighted by atomic mass is 19.0. The molecule has 1 aromatic heterocycles. The molecule has 0 N–H and O–H groups in total. The summed E-state index contributed by atoms with van der Waals surface area (Å²) in [7, 11) is 0. The summed E-state index contributed by atoms with van der Waals surface area (Å²) >= 11 is 0. The van der Waals surface area contributed by atoms with Crippen molar-refractivity contribution in [3.8, 4) is 0 Å². The van der Waals surface area contributed by atoms with Crippen LogP contribution in [-0.4, -0.2) is 0 Å². The maximum Gasteiger partial charge on any atom is 0.171 e. The van der Waals surface area contributed by atoms with E-state index in [1.807, 2.05) is 0 Å². The molecule has 0 amide bonds. The fourth-order valence-electron chi connectivity index (χ4n) is 2.93. The largest absolute Gasteiger partial charge is 1.00 e. The van der Waals surface area contributed by atoms with Gasteiger partial charge in [0.05, 0.1) is 0 Å². The van der Waals surface area contributed by atoms with Crippen molar-refractivity contribution < 1.29 is 9.27 Å². The molecule has 0 saturated carbocycles. The van der Waals surface area contributed by atoms with Gasteiger partial charge < -0.3 is 4.70 Å². The van der Waals surface area contributed by atoms with Gasteiger partial charge >= 0.3 is 0 Å². The first-order valence-electron chi connectivity index (χ1n) is 9.34. The van der Waals surface area contributed by atoms with Crippen LogP contribution in [0, 0.1) is 0 Å². The molecule has 2 heteroatoms. The predicted molar refractivity (Wildman–Crippen MR) is 92.5 cm³/mol. The number of rotatable bonds is 13. The highest BCUT2D eigenvalue weighted by molar-refractivity contribution is 5.04. The molecule has 0 radical (unpaired) electrons. The Morgan fingerprint density at radius 1 is 0.773 bits per heavy atom. The van der Waals surface area contributed by atoms with Gasteiger partial charge in [0.1, 0.15) is 6.54 Å². The Labute approximate surface area is 137 Å². The van der Waals surface area contributed by atoms with E-state index in [0.29, 0.717) is 0 Å². The number of unbranched alkanes of at least 4 members (excludes halogenated alkanes) is 9. The maximum absolute atomic E-state index is 2.37. The van der Waals surface area contributed by atoms with Gasteiger partial charge in [-0.1, -0.05) is 71.6 Å².